The molecule has 1 heterocycles. The van der Waals surface area contributed by atoms with Crippen LogP contribution in [0.2, 0.25) is 0 Å². The molecule has 3 aliphatic carbocycles. The number of alkyl halides is 2. The molecule has 4 fully saturated rings. The van der Waals surface area contributed by atoms with Gasteiger partial charge in [-0.3, -0.25) is 9.35 Å². The van der Waals surface area contributed by atoms with Gasteiger partial charge in [-0.05, 0) is 11.8 Å². The summed E-state index contributed by atoms with van der Waals surface area (Å²) in [5, 5.41) is -5.02. The topological polar surface area (TPSA) is 107 Å². The highest BCUT2D eigenvalue weighted by molar-refractivity contribution is 7.87. The number of halogens is 2. The number of hydrogen-bond donors (Lipinski definition) is 1. The van der Waals surface area contributed by atoms with Crippen molar-refractivity contribution in [3.8, 4) is 0 Å². The fourth-order valence-electron chi connectivity index (χ4n) is 4.06. The van der Waals surface area contributed by atoms with Crippen molar-refractivity contribution in [2.75, 3.05) is 0 Å². The van der Waals surface area contributed by atoms with Gasteiger partial charge in [0.25, 0.3) is 0 Å². The smallest absolute Gasteiger partial charge is 0.458 e. The van der Waals surface area contributed by atoms with Crippen LogP contribution in [0.5, 0.6) is 0 Å². The molecule has 0 aromatic carbocycles. The summed E-state index contributed by atoms with van der Waals surface area (Å²) in [5.74, 6) is -3.34. The Morgan fingerprint density at radius 1 is 1.50 bits per heavy atom. The van der Waals surface area contributed by atoms with Crippen LogP contribution >= 0.6 is 0 Å². The molecule has 4 rings (SSSR count). The molecule has 0 aromatic rings. The molecule has 3 saturated carbocycles. The predicted molar refractivity (Wildman–Crippen MR) is 53.8 cm³/mol. The number of ether oxygens (including phenoxy) is 2. The van der Waals surface area contributed by atoms with Crippen LogP contribution in [0.1, 0.15) is 6.42 Å². The second kappa shape index (κ2) is 2.98. The molecule has 6 atom stereocenters. The van der Waals surface area contributed by atoms with Crippen molar-refractivity contribution < 1.29 is 40.8 Å². The van der Waals surface area contributed by atoms with E-state index in [2.05, 4.69) is 4.74 Å². The van der Waals surface area contributed by atoms with Gasteiger partial charge in [-0.25, -0.2) is 4.79 Å². The fraction of sp³-hybridized carbons (Fsp3) is 0.800. The summed E-state index contributed by atoms with van der Waals surface area (Å²) in [7, 11) is -5.89. The minimum absolute atomic E-state index is 0.114. The summed E-state index contributed by atoms with van der Waals surface area (Å²) in [6.07, 6.45) is -1.24. The lowest BCUT2D eigenvalue weighted by atomic mass is 10.1. The Morgan fingerprint density at radius 3 is 2.70 bits per heavy atom. The maximum atomic E-state index is 13.1. The molecular formula is C10H8F2O7S. The first-order valence-corrected chi connectivity index (χ1v) is 7.33. The third kappa shape index (κ3) is 1.12. The van der Waals surface area contributed by atoms with Crippen LogP contribution in [0, 0.1) is 23.2 Å². The standard InChI is InChI=1S/C10H8F2O7S/c11-10(12,20(15,16)17)8(14)19-5-2-1-9(2)3-4(9)7(13)18-6(3)5/h2-6H,1H2,(H,15,16,17). The lowest BCUT2D eigenvalue weighted by molar-refractivity contribution is -0.176. The van der Waals surface area contributed by atoms with Crippen molar-refractivity contribution in [2.24, 2.45) is 23.2 Å². The highest BCUT2D eigenvalue weighted by Crippen LogP contribution is 2.88. The van der Waals surface area contributed by atoms with Crippen LogP contribution in [0.4, 0.5) is 8.78 Å². The van der Waals surface area contributed by atoms with E-state index in [-0.39, 0.29) is 23.2 Å². The SMILES string of the molecule is O=C1OC2C(OC(=O)C(F)(F)S(=O)(=O)O)C3CC34C1C24. The van der Waals surface area contributed by atoms with Crippen molar-refractivity contribution in [1.82, 2.24) is 0 Å². The van der Waals surface area contributed by atoms with Crippen LogP contribution < -0.4 is 0 Å². The zero-order chi connectivity index (χ0) is 14.7. The Morgan fingerprint density at radius 2 is 2.15 bits per heavy atom. The van der Waals surface area contributed by atoms with E-state index in [1.54, 1.807) is 0 Å². The molecular weight excluding hydrogens is 302 g/mol. The van der Waals surface area contributed by atoms with Gasteiger partial charge in [0, 0.05) is 11.8 Å². The average Bonchev–Trinajstić information content (AvgIpc) is 3.13. The second-order valence-corrected chi connectivity index (χ2v) is 7.15. The first-order valence-electron chi connectivity index (χ1n) is 5.89. The third-order valence-electron chi connectivity index (χ3n) is 4.94. The van der Waals surface area contributed by atoms with Crippen LogP contribution in [-0.2, 0) is 29.2 Å². The first-order chi connectivity index (χ1) is 9.12. The zero-order valence-corrected chi connectivity index (χ0v) is 10.5. The van der Waals surface area contributed by atoms with Crippen LogP contribution in [0.25, 0.3) is 0 Å². The van der Waals surface area contributed by atoms with Crippen LogP contribution in [0.3, 0.4) is 0 Å². The van der Waals surface area contributed by atoms with Crippen molar-refractivity contribution in [2.45, 2.75) is 23.9 Å². The van der Waals surface area contributed by atoms with E-state index < -0.39 is 39.5 Å². The van der Waals surface area contributed by atoms with Crippen molar-refractivity contribution in [3.05, 3.63) is 0 Å². The van der Waals surface area contributed by atoms with Crippen LogP contribution in [0.15, 0.2) is 0 Å². The van der Waals surface area contributed by atoms with Gasteiger partial charge in [-0.2, -0.15) is 17.2 Å². The molecule has 0 amide bonds. The van der Waals surface area contributed by atoms with Gasteiger partial charge in [-0.15, -0.1) is 0 Å². The molecule has 1 N–H and O–H groups in total. The van der Waals surface area contributed by atoms with Crippen molar-refractivity contribution >= 4 is 22.1 Å². The lowest BCUT2D eigenvalue weighted by Gasteiger charge is -2.22. The molecule has 0 aromatic heterocycles. The average molecular weight is 310 g/mol. The second-order valence-electron chi connectivity index (χ2n) is 5.69. The van der Waals surface area contributed by atoms with E-state index in [9.17, 15) is 26.8 Å². The summed E-state index contributed by atoms with van der Waals surface area (Å²) < 4.78 is 65.0. The molecule has 0 radical (unpaired) electrons. The molecule has 110 valence electrons. The summed E-state index contributed by atoms with van der Waals surface area (Å²) in [6, 6.07) is 0. The lowest BCUT2D eigenvalue weighted by Crippen LogP contribution is -2.43. The summed E-state index contributed by atoms with van der Waals surface area (Å²) in [6.45, 7) is 0. The largest absolute Gasteiger partial charge is 0.465 e. The molecule has 4 aliphatic rings. The number of carbonyl (C=O) groups excluding carboxylic acids is 2. The molecule has 0 bridgehead atoms. The monoisotopic (exact) mass is 310 g/mol. The van der Waals surface area contributed by atoms with Gasteiger partial charge < -0.3 is 9.47 Å². The minimum atomic E-state index is -5.89. The van der Waals surface area contributed by atoms with Crippen molar-refractivity contribution in [3.63, 3.8) is 0 Å². The number of rotatable bonds is 3. The highest BCUT2D eigenvalue weighted by atomic mass is 32.2. The molecule has 1 spiro atoms. The fourth-order valence-corrected chi connectivity index (χ4v) is 4.32. The van der Waals surface area contributed by atoms with E-state index in [1.165, 1.54) is 0 Å². The van der Waals surface area contributed by atoms with Crippen molar-refractivity contribution in [1.29, 1.82) is 0 Å². The summed E-state index contributed by atoms with van der Waals surface area (Å²) in [5.41, 5.74) is -0.279. The molecule has 1 saturated heterocycles. The maximum Gasteiger partial charge on any atom is 0.465 e. The Hall–Kier alpha value is -1.29. The molecule has 20 heavy (non-hydrogen) atoms. The summed E-state index contributed by atoms with van der Waals surface area (Å²) >= 11 is 0. The van der Waals surface area contributed by atoms with Gasteiger partial charge in [0.05, 0.1) is 5.92 Å². The van der Waals surface area contributed by atoms with E-state index in [4.69, 9.17) is 9.29 Å². The predicted octanol–water partition coefficient (Wildman–Crippen LogP) is -0.430. The normalized spacial score (nSPS) is 47.4. The third-order valence-corrected chi connectivity index (χ3v) is 5.75. The van der Waals surface area contributed by atoms with Gasteiger partial charge in [0.2, 0.25) is 0 Å². The zero-order valence-electron chi connectivity index (χ0n) is 9.65. The van der Waals surface area contributed by atoms with Crippen LogP contribution in [-0.4, -0.2) is 42.4 Å². The summed E-state index contributed by atoms with van der Waals surface area (Å²) in [4.78, 5) is 22.7. The number of hydrogen-bond acceptors (Lipinski definition) is 6. The van der Waals surface area contributed by atoms with Gasteiger partial charge >= 0.3 is 27.3 Å². The Labute approximate surface area is 111 Å². The first kappa shape index (κ1) is 12.5. The van der Waals surface area contributed by atoms with E-state index in [0.717, 1.165) is 0 Å². The minimum Gasteiger partial charge on any atom is -0.458 e. The highest BCUT2D eigenvalue weighted by Gasteiger charge is 2.94. The number of carbonyl (C=O) groups is 2. The molecule has 1 aliphatic heterocycles. The Kier molecular flexibility index (Phi) is 1.86. The van der Waals surface area contributed by atoms with E-state index in [1.807, 2.05) is 0 Å². The van der Waals surface area contributed by atoms with Gasteiger partial charge in [0.15, 0.2) is 0 Å². The van der Waals surface area contributed by atoms with Gasteiger partial charge in [-0.1, -0.05) is 0 Å². The molecule has 10 heteroatoms. The molecule has 6 unspecified atom stereocenters. The maximum absolute atomic E-state index is 13.1. The number of esters is 2. The Balaban J connectivity index is 1.55. The van der Waals surface area contributed by atoms with E-state index in [0.29, 0.717) is 6.42 Å². The van der Waals surface area contributed by atoms with Gasteiger partial charge in [0.1, 0.15) is 12.2 Å². The Bertz CT molecular complexity index is 659. The quantitative estimate of drug-likeness (QED) is 0.556. The molecule has 7 nitrogen and oxygen atoms in total. The van der Waals surface area contributed by atoms with E-state index >= 15 is 0 Å².